The molecule has 1 amide bonds. The van der Waals surface area contributed by atoms with Crippen LogP contribution in [0.25, 0.3) is 5.00 Å². The van der Waals surface area contributed by atoms with Crippen molar-refractivity contribution in [3.8, 4) is 5.00 Å². The summed E-state index contributed by atoms with van der Waals surface area (Å²) >= 11 is 1.45. The van der Waals surface area contributed by atoms with Crippen molar-refractivity contribution in [1.82, 2.24) is 29.6 Å². The van der Waals surface area contributed by atoms with Gasteiger partial charge >= 0.3 is 5.69 Å². The van der Waals surface area contributed by atoms with E-state index in [1.54, 1.807) is 0 Å². The number of hydrogen-bond acceptors (Lipinski definition) is 6. The lowest BCUT2D eigenvalue weighted by atomic mass is 10.1. The first-order valence-electron chi connectivity index (χ1n) is 7.64. The van der Waals surface area contributed by atoms with Crippen molar-refractivity contribution < 1.29 is 4.79 Å². The van der Waals surface area contributed by atoms with E-state index in [1.807, 2.05) is 36.3 Å². The van der Waals surface area contributed by atoms with Crippen molar-refractivity contribution in [1.29, 1.82) is 0 Å². The number of hydrogen-bond donors (Lipinski definition) is 0. The first-order chi connectivity index (χ1) is 11.1. The number of carbonyl (C=O) groups excluding carboxylic acids is 1. The summed E-state index contributed by atoms with van der Waals surface area (Å²) in [5.41, 5.74) is -0.242. The highest BCUT2D eigenvalue weighted by Gasteiger charge is 2.23. The van der Waals surface area contributed by atoms with Gasteiger partial charge in [-0.15, -0.1) is 11.3 Å². The molecule has 124 valence electrons. The van der Waals surface area contributed by atoms with Crippen molar-refractivity contribution in [3.05, 3.63) is 28.0 Å². The number of tetrazole rings is 1. The van der Waals surface area contributed by atoms with Crippen LogP contribution < -0.4 is 5.69 Å². The van der Waals surface area contributed by atoms with E-state index in [-0.39, 0.29) is 17.5 Å². The molecule has 0 unspecified atom stereocenters. The summed E-state index contributed by atoms with van der Waals surface area (Å²) in [5, 5.41) is 10.5. The van der Waals surface area contributed by atoms with E-state index < -0.39 is 0 Å². The third-order valence-electron chi connectivity index (χ3n) is 3.87. The molecule has 0 N–H and O–H groups in total. The number of carbonyl (C=O) groups is 1. The highest BCUT2D eigenvalue weighted by Crippen LogP contribution is 2.11. The van der Waals surface area contributed by atoms with Crippen LogP contribution in [0.1, 0.15) is 13.8 Å². The van der Waals surface area contributed by atoms with Crippen molar-refractivity contribution in [3.63, 3.8) is 0 Å². The smallest absolute Gasteiger partial charge is 0.340 e. The Labute approximate surface area is 137 Å². The lowest BCUT2D eigenvalue weighted by molar-refractivity contribution is -0.136. The minimum atomic E-state index is -0.242. The van der Waals surface area contributed by atoms with Crippen LogP contribution in [-0.4, -0.2) is 61.7 Å². The number of amides is 1. The second kappa shape index (κ2) is 6.63. The Hall–Kier alpha value is -2.00. The van der Waals surface area contributed by atoms with Crippen LogP contribution >= 0.6 is 11.3 Å². The van der Waals surface area contributed by atoms with Crippen LogP contribution in [0.5, 0.6) is 0 Å². The minimum absolute atomic E-state index is 0.0230. The van der Waals surface area contributed by atoms with Crippen molar-refractivity contribution in [2.75, 3.05) is 26.2 Å². The molecule has 0 aromatic carbocycles. The molecule has 1 saturated heterocycles. The van der Waals surface area contributed by atoms with Crippen LogP contribution in [0.15, 0.2) is 22.3 Å². The Morgan fingerprint density at radius 1 is 1.26 bits per heavy atom. The summed E-state index contributed by atoms with van der Waals surface area (Å²) < 4.78 is 2.67. The standard InChI is InChI=1S/C14H20N6O2S/c1-11(2)13(21)18-7-5-17(6-8-18)10-19-14(22)20(16-15-19)12-4-3-9-23-12/h3-4,9,11H,5-8,10H2,1-2H3. The Bertz CT molecular complexity index is 712. The average Bonchev–Trinajstić information content (AvgIpc) is 3.18. The second-order valence-corrected chi connectivity index (χ2v) is 6.79. The van der Waals surface area contributed by atoms with Gasteiger partial charge in [0, 0.05) is 32.1 Å². The summed E-state index contributed by atoms with van der Waals surface area (Å²) in [6.07, 6.45) is 0. The first-order valence-corrected chi connectivity index (χ1v) is 8.52. The lowest BCUT2D eigenvalue weighted by Gasteiger charge is -2.35. The van der Waals surface area contributed by atoms with Gasteiger partial charge in [0.15, 0.2) is 0 Å². The van der Waals surface area contributed by atoms with Gasteiger partial charge in [-0.05, 0) is 27.9 Å². The molecule has 0 saturated carbocycles. The molecule has 1 aliphatic rings. The molecule has 0 atom stereocenters. The summed E-state index contributed by atoms with van der Waals surface area (Å²) in [7, 11) is 0. The molecule has 0 spiro atoms. The lowest BCUT2D eigenvalue weighted by Crippen LogP contribution is -2.50. The molecule has 2 aromatic heterocycles. The highest BCUT2D eigenvalue weighted by atomic mass is 32.1. The largest absolute Gasteiger partial charge is 0.370 e. The van der Waals surface area contributed by atoms with E-state index >= 15 is 0 Å². The quantitative estimate of drug-likeness (QED) is 0.800. The molecule has 2 aromatic rings. The fraction of sp³-hybridized carbons (Fsp3) is 0.571. The Balaban J connectivity index is 1.62. The third-order valence-corrected chi connectivity index (χ3v) is 4.71. The molecule has 1 aliphatic heterocycles. The fourth-order valence-corrected chi connectivity index (χ4v) is 3.22. The van der Waals surface area contributed by atoms with Crippen LogP contribution in [0, 0.1) is 5.92 Å². The Morgan fingerprint density at radius 3 is 2.61 bits per heavy atom. The van der Waals surface area contributed by atoms with Gasteiger partial charge in [-0.2, -0.15) is 9.36 Å². The van der Waals surface area contributed by atoms with Crippen molar-refractivity contribution in [2.45, 2.75) is 20.5 Å². The SMILES string of the molecule is CC(C)C(=O)N1CCN(Cn2nnn(-c3cccs3)c2=O)CC1. The van der Waals surface area contributed by atoms with Gasteiger partial charge in [0.05, 0.1) is 0 Å². The molecule has 8 nitrogen and oxygen atoms in total. The van der Waals surface area contributed by atoms with Crippen LogP contribution in [0.3, 0.4) is 0 Å². The maximum Gasteiger partial charge on any atom is 0.370 e. The molecule has 23 heavy (non-hydrogen) atoms. The predicted octanol–water partition coefficient (Wildman–Crippen LogP) is 0.248. The van der Waals surface area contributed by atoms with Gasteiger partial charge in [0.2, 0.25) is 5.91 Å². The van der Waals surface area contributed by atoms with Gasteiger partial charge in [0.25, 0.3) is 0 Å². The molecule has 9 heteroatoms. The number of thiophene rings is 1. The van der Waals surface area contributed by atoms with E-state index in [0.717, 1.165) is 18.1 Å². The zero-order chi connectivity index (χ0) is 16.4. The minimum Gasteiger partial charge on any atom is -0.340 e. The fourth-order valence-electron chi connectivity index (χ4n) is 2.56. The topological polar surface area (TPSA) is 76.3 Å². The second-order valence-electron chi connectivity index (χ2n) is 5.86. The van der Waals surface area contributed by atoms with E-state index in [2.05, 4.69) is 15.3 Å². The summed E-state index contributed by atoms with van der Waals surface area (Å²) in [6, 6.07) is 3.71. The normalized spacial score (nSPS) is 16.2. The van der Waals surface area contributed by atoms with Gasteiger partial charge in [-0.25, -0.2) is 4.79 Å². The van der Waals surface area contributed by atoms with Gasteiger partial charge in [-0.1, -0.05) is 13.8 Å². The van der Waals surface area contributed by atoms with E-state index in [1.165, 1.54) is 20.7 Å². The van der Waals surface area contributed by atoms with Crippen molar-refractivity contribution >= 4 is 17.2 Å². The van der Waals surface area contributed by atoms with Crippen LogP contribution in [0.2, 0.25) is 0 Å². The number of nitrogens with zero attached hydrogens (tertiary/aromatic N) is 6. The first kappa shape index (κ1) is 15.9. The number of rotatable bonds is 4. The molecule has 0 bridgehead atoms. The molecule has 0 radical (unpaired) electrons. The predicted molar refractivity (Wildman–Crippen MR) is 86.5 cm³/mol. The zero-order valence-electron chi connectivity index (χ0n) is 13.3. The van der Waals surface area contributed by atoms with E-state index in [0.29, 0.717) is 19.8 Å². The summed E-state index contributed by atoms with van der Waals surface area (Å²) in [4.78, 5) is 28.3. The molecule has 3 rings (SSSR count). The highest BCUT2D eigenvalue weighted by molar-refractivity contribution is 7.12. The van der Waals surface area contributed by atoms with E-state index in [9.17, 15) is 9.59 Å². The number of piperazine rings is 1. The van der Waals surface area contributed by atoms with Gasteiger partial charge < -0.3 is 4.90 Å². The molecular formula is C14H20N6O2S. The monoisotopic (exact) mass is 336 g/mol. The average molecular weight is 336 g/mol. The Morgan fingerprint density at radius 2 is 2.00 bits per heavy atom. The summed E-state index contributed by atoms with van der Waals surface area (Å²) in [5.74, 6) is 0.209. The third kappa shape index (κ3) is 3.35. The maximum atomic E-state index is 12.3. The molecule has 1 fully saturated rings. The molecular weight excluding hydrogens is 316 g/mol. The van der Waals surface area contributed by atoms with Gasteiger partial charge in [-0.3, -0.25) is 9.69 Å². The number of aromatic nitrogens is 4. The maximum absolute atomic E-state index is 12.3. The Kier molecular flexibility index (Phi) is 4.58. The van der Waals surface area contributed by atoms with Crippen LogP contribution in [-0.2, 0) is 11.5 Å². The van der Waals surface area contributed by atoms with Crippen molar-refractivity contribution in [2.24, 2.45) is 5.92 Å². The summed E-state index contributed by atoms with van der Waals surface area (Å²) in [6.45, 7) is 7.06. The van der Waals surface area contributed by atoms with Crippen LogP contribution in [0.4, 0.5) is 0 Å². The molecule has 0 aliphatic carbocycles. The van der Waals surface area contributed by atoms with E-state index in [4.69, 9.17) is 0 Å². The zero-order valence-corrected chi connectivity index (χ0v) is 14.1. The van der Waals surface area contributed by atoms with Gasteiger partial charge in [0.1, 0.15) is 11.7 Å². The molecule has 3 heterocycles.